The molecule has 0 atom stereocenters. The first-order chi connectivity index (χ1) is 11.3. The van der Waals surface area contributed by atoms with E-state index in [0.717, 1.165) is 6.20 Å². The van der Waals surface area contributed by atoms with E-state index in [4.69, 9.17) is 0 Å². The maximum atomic E-state index is 14.6. The molecule has 0 aliphatic heterocycles. The summed E-state index contributed by atoms with van der Waals surface area (Å²) in [4.78, 5) is 3.73. The largest absolute Gasteiger partial charge is 0.435 e. The zero-order valence-corrected chi connectivity index (χ0v) is 14.4. The molecule has 0 spiro atoms. The molecule has 1 heterocycles. The molecule has 0 unspecified atom stereocenters. The van der Waals surface area contributed by atoms with E-state index >= 15 is 0 Å². The van der Waals surface area contributed by atoms with Crippen LogP contribution in [0.15, 0.2) is 29.0 Å². The van der Waals surface area contributed by atoms with Crippen LogP contribution in [0.3, 0.4) is 0 Å². The Kier molecular flexibility index (Phi) is 4.93. The molecule has 135 valence electrons. The van der Waals surface area contributed by atoms with E-state index in [0.29, 0.717) is 10.5 Å². The van der Waals surface area contributed by atoms with E-state index in [1.165, 1.54) is 26.1 Å². The minimum atomic E-state index is -6.19. The first-order valence-corrected chi connectivity index (χ1v) is 7.55. The van der Waals surface area contributed by atoms with E-state index in [2.05, 4.69) is 27.0 Å². The number of aromatic nitrogens is 1. The van der Waals surface area contributed by atoms with Gasteiger partial charge in [-0.25, -0.2) is 4.39 Å². The molecule has 0 N–H and O–H groups in total. The lowest BCUT2D eigenvalue weighted by molar-refractivity contribution is -0.348. The highest BCUT2D eigenvalue weighted by Gasteiger charge is 2.74. The van der Waals surface area contributed by atoms with Crippen LogP contribution in [0.1, 0.15) is 16.7 Å². The predicted octanol–water partition coefficient (Wildman–Crippen LogP) is 6.22. The van der Waals surface area contributed by atoms with Gasteiger partial charge >= 0.3 is 18.0 Å². The van der Waals surface area contributed by atoms with Crippen LogP contribution in [0.2, 0.25) is 0 Å². The Bertz CT molecular complexity index is 782. The zero-order valence-electron chi connectivity index (χ0n) is 12.8. The van der Waals surface area contributed by atoms with Gasteiger partial charge in [0.15, 0.2) is 0 Å². The van der Waals surface area contributed by atoms with Gasteiger partial charge < -0.3 is 0 Å². The summed E-state index contributed by atoms with van der Waals surface area (Å²) in [5, 5.41) is 0. The third-order valence-corrected chi connectivity index (χ3v) is 3.97. The quantitative estimate of drug-likeness (QED) is 0.517. The summed E-state index contributed by atoms with van der Waals surface area (Å²) in [6.07, 6.45) is -10.0. The highest BCUT2D eigenvalue weighted by molar-refractivity contribution is 9.10. The zero-order chi connectivity index (χ0) is 19.2. The second kappa shape index (κ2) is 6.26. The number of hydrogen-bond acceptors (Lipinski definition) is 1. The van der Waals surface area contributed by atoms with Crippen molar-refractivity contribution in [2.45, 2.75) is 31.9 Å². The maximum Gasteiger partial charge on any atom is 0.435 e. The summed E-state index contributed by atoms with van der Waals surface area (Å²) < 4.78 is 94.1. The van der Waals surface area contributed by atoms with Crippen molar-refractivity contribution in [2.75, 3.05) is 0 Å². The summed E-state index contributed by atoms with van der Waals surface area (Å²) in [7, 11) is 0. The number of aryl methyl sites for hydroxylation is 2. The Morgan fingerprint density at radius 3 is 1.96 bits per heavy atom. The number of nitrogens with zero attached hydrogens (tertiary/aromatic N) is 1. The van der Waals surface area contributed by atoms with Crippen molar-refractivity contribution >= 4 is 15.9 Å². The van der Waals surface area contributed by atoms with E-state index in [9.17, 15) is 30.7 Å². The van der Waals surface area contributed by atoms with Gasteiger partial charge in [-0.1, -0.05) is 6.07 Å². The van der Waals surface area contributed by atoms with Crippen LogP contribution in [-0.4, -0.2) is 17.3 Å². The van der Waals surface area contributed by atoms with Crippen LogP contribution in [0.25, 0.3) is 11.1 Å². The molecule has 1 nitrogen and oxygen atoms in total. The highest BCUT2D eigenvalue weighted by Crippen LogP contribution is 2.55. The van der Waals surface area contributed by atoms with Gasteiger partial charge in [-0.3, -0.25) is 4.98 Å². The van der Waals surface area contributed by atoms with Gasteiger partial charge in [0, 0.05) is 28.0 Å². The predicted molar refractivity (Wildman–Crippen MR) is 80.6 cm³/mol. The summed E-state index contributed by atoms with van der Waals surface area (Å²) in [6.45, 7) is 2.51. The molecule has 1 radical (unpaired) electrons. The van der Waals surface area contributed by atoms with Gasteiger partial charge in [-0.15, -0.1) is 0 Å². The summed E-state index contributed by atoms with van der Waals surface area (Å²) in [5.74, 6) is 0. The molecule has 1 aromatic heterocycles. The van der Waals surface area contributed by atoms with Crippen molar-refractivity contribution in [3.63, 3.8) is 0 Å². The number of rotatable bonds is 2. The van der Waals surface area contributed by atoms with Gasteiger partial charge in [0.2, 0.25) is 0 Å². The second-order valence-electron chi connectivity index (χ2n) is 5.41. The van der Waals surface area contributed by atoms with Crippen LogP contribution < -0.4 is 0 Å². The van der Waals surface area contributed by atoms with Gasteiger partial charge in [0.25, 0.3) is 0 Å². The lowest BCUT2D eigenvalue weighted by Gasteiger charge is -2.32. The van der Waals surface area contributed by atoms with E-state index in [1.807, 2.05) is 0 Å². The van der Waals surface area contributed by atoms with Crippen molar-refractivity contribution in [3.05, 3.63) is 51.8 Å². The minimum Gasteiger partial charge on any atom is -0.263 e. The Morgan fingerprint density at radius 1 is 0.920 bits per heavy atom. The molecule has 0 bridgehead atoms. The van der Waals surface area contributed by atoms with Crippen molar-refractivity contribution in [2.24, 2.45) is 0 Å². The Balaban J connectivity index is 2.94. The molecule has 0 saturated carbocycles. The van der Waals surface area contributed by atoms with Crippen molar-refractivity contribution < 1.29 is 30.7 Å². The van der Waals surface area contributed by atoms with Crippen LogP contribution in [0.4, 0.5) is 30.7 Å². The van der Waals surface area contributed by atoms with E-state index in [-0.39, 0.29) is 16.7 Å². The molecule has 0 amide bonds. The average Bonchev–Trinajstić information content (AvgIpc) is 2.43. The fourth-order valence-electron chi connectivity index (χ4n) is 2.54. The molecule has 0 aliphatic carbocycles. The topological polar surface area (TPSA) is 12.9 Å². The third kappa shape index (κ3) is 3.38. The van der Waals surface area contributed by atoms with Gasteiger partial charge in [-0.05, 0) is 58.6 Å². The molecular formula is C16H10BrF7N. The Labute approximate surface area is 147 Å². The number of benzene rings is 1. The molecule has 2 rings (SSSR count). The Morgan fingerprint density at radius 2 is 1.48 bits per heavy atom. The lowest BCUT2D eigenvalue weighted by atomic mass is 9.84. The highest BCUT2D eigenvalue weighted by atomic mass is 79.9. The van der Waals surface area contributed by atoms with E-state index < -0.39 is 29.1 Å². The van der Waals surface area contributed by atoms with Crippen LogP contribution in [0.5, 0.6) is 0 Å². The minimum absolute atomic E-state index is 0.0465. The number of halogens is 8. The van der Waals surface area contributed by atoms with E-state index in [1.54, 1.807) is 0 Å². The normalized spacial score (nSPS) is 13.2. The summed E-state index contributed by atoms with van der Waals surface area (Å²) >= 11 is 3.04. The van der Waals surface area contributed by atoms with Crippen LogP contribution >= 0.6 is 15.9 Å². The SMILES string of the molecule is Cc1[c]c(C)c(-c2cncc(Br)c2)c(C(F)(C(F)(F)F)C(F)(F)F)c1. The van der Waals surface area contributed by atoms with Crippen molar-refractivity contribution in [1.29, 1.82) is 0 Å². The standard InChI is InChI=1S/C16H10BrF7N/c1-8-3-9(2)13(10-5-11(17)7-25-6-10)12(4-8)14(18,15(19,20)21)16(22,23)24/h4-7H,1-2H3. The molecule has 0 saturated heterocycles. The third-order valence-electron chi connectivity index (χ3n) is 3.54. The van der Waals surface area contributed by atoms with Gasteiger partial charge in [0.05, 0.1) is 0 Å². The molecular weight excluding hydrogens is 419 g/mol. The first-order valence-electron chi connectivity index (χ1n) is 6.76. The number of pyridine rings is 1. The van der Waals surface area contributed by atoms with Crippen LogP contribution in [-0.2, 0) is 5.67 Å². The van der Waals surface area contributed by atoms with Crippen molar-refractivity contribution in [3.8, 4) is 11.1 Å². The summed E-state index contributed by atoms with van der Waals surface area (Å²) in [6, 6.07) is 4.40. The average molecular weight is 429 g/mol. The molecule has 9 heteroatoms. The number of hydrogen-bond donors (Lipinski definition) is 0. The maximum absolute atomic E-state index is 14.6. The molecule has 0 aliphatic rings. The molecule has 0 fully saturated rings. The molecule has 2 aromatic rings. The fraction of sp³-hybridized carbons (Fsp3) is 0.312. The van der Waals surface area contributed by atoms with Crippen molar-refractivity contribution in [1.82, 2.24) is 4.98 Å². The van der Waals surface area contributed by atoms with Gasteiger partial charge in [-0.2, -0.15) is 26.3 Å². The fourth-order valence-corrected chi connectivity index (χ4v) is 2.91. The Hall–Kier alpha value is -1.64. The first kappa shape index (κ1) is 19.7. The van der Waals surface area contributed by atoms with Crippen LogP contribution in [0, 0.1) is 19.9 Å². The smallest absolute Gasteiger partial charge is 0.263 e. The number of alkyl halides is 7. The lowest BCUT2D eigenvalue weighted by Crippen LogP contribution is -2.50. The monoisotopic (exact) mass is 428 g/mol. The summed E-state index contributed by atoms with van der Waals surface area (Å²) in [5.41, 5.74) is -7.78. The second-order valence-corrected chi connectivity index (χ2v) is 6.33. The molecule has 1 aromatic carbocycles. The molecule has 25 heavy (non-hydrogen) atoms. The van der Waals surface area contributed by atoms with Gasteiger partial charge in [0.1, 0.15) is 0 Å².